The van der Waals surface area contributed by atoms with Crippen LogP contribution in [0.3, 0.4) is 0 Å². The third-order valence-corrected chi connectivity index (χ3v) is 5.34. The average Bonchev–Trinajstić information content (AvgIpc) is 2.49. The fourth-order valence-corrected chi connectivity index (χ4v) is 4.13. The van der Waals surface area contributed by atoms with E-state index >= 15 is 0 Å². The summed E-state index contributed by atoms with van der Waals surface area (Å²) in [7, 11) is 0. The van der Waals surface area contributed by atoms with E-state index in [1.54, 1.807) is 0 Å². The van der Waals surface area contributed by atoms with Crippen LogP contribution in [0.5, 0.6) is 0 Å². The van der Waals surface area contributed by atoms with Crippen LogP contribution < -0.4 is 0 Å². The Morgan fingerprint density at radius 2 is 1.55 bits per heavy atom. The Bertz CT molecular complexity index is 291. The third kappa shape index (κ3) is 4.77. The van der Waals surface area contributed by atoms with Crippen molar-refractivity contribution in [3.8, 4) is 0 Å². The molecule has 0 aliphatic heterocycles. The van der Waals surface area contributed by atoms with Crippen molar-refractivity contribution in [2.24, 2.45) is 17.8 Å². The van der Waals surface area contributed by atoms with Gasteiger partial charge in [-0.15, -0.1) is 6.58 Å². The van der Waals surface area contributed by atoms with Crippen LogP contribution in [0.15, 0.2) is 24.8 Å². The molecule has 0 radical (unpaired) electrons. The van der Waals surface area contributed by atoms with Crippen molar-refractivity contribution in [2.45, 2.75) is 70.8 Å². The maximum atomic E-state index is 5.93. The molecule has 0 saturated heterocycles. The van der Waals surface area contributed by atoms with Gasteiger partial charge in [-0.25, -0.2) is 0 Å². The molecule has 0 N–H and O–H groups in total. The van der Waals surface area contributed by atoms with E-state index < -0.39 is 0 Å². The van der Waals surface area contributed by atoms with Crippen molar-refractivity contribution in [1.29, 1.82) is 0 Å². The van der Waals surface area contributed by atoms with Crippen LogP contribution in [0.25, 0.3) is 0 Å². The Labute approximate surface area is 125 Å². The Morgan fingerprint density at radius 3 is 2.10 bits per heavy atom. The zero-order chi connectivity index (χ0) is 14.2. The molecule has 114 valence electrons. The number of ether oxygens (including phenoxy) is 1. The lowest BCUT2D eigenvalue weighted by Gasteiger charge is -2.37. The molecule has 1 heteroatoms. The summed E-state index contributed by atoms with van der Waals surface area (Å²) in [5.74, 6) is 2.86. The predicted molar refractivity (Wildman–Crippen MR) is 86.8 cm³/mol. The molecule has 0 aromatic heterocycles. The summed E-state index contributed by atoms with van der Waals surface area (Å²) in [4.78, 5) is 0. The van der Waals surface area contributed by atoms with Crippen molar-refractivity contribution in [3.05, 3.63) is 24.8 Å². The highest BCUT2D eigenvalue weighted by atomic mass is 16.5. The van der Waals surface area contributed by atoms with Gasteiger partial charge in [0.2, 0.25) is 0 Å². The minimum Gasteiger partial charge on any atom is -0.378 e. The molecule has 0 bridgehead atoms. The highest BCUT2D eigenvalue weighted by Crippen LogP contribution is 2.40. The van der Waals surface area contributed by atoms with Crippen LogP contribution in [0.4, 0.5) is 0 Å². The zero-order valence-electron chi connectivity index (χ0n) is 13.2. The molecule has 2 rings (SSSR count). The van der Waals surface area contributed by atoms with Gasteiger partial charge in [0, 0.05) is 0 Å². The minimum atomic E-state index is 0.533. The lowest BCUT2D eigenvalue weighted by atomic mass is 9.70. The van der Waals surface area contributed by atoms with E-state index in [0.717, 1.165) is 30.8 Å². The predicted octanol–water partition coefficient (Wildman–Crippen LogP) is 5.52. The monoisotopic (exact) mass is 276 g/mol. The summed E-state index contributed by atoms with van der Waals surface area (Å²) in [5.41, 5.74) is 0. The summed E-state index contributed by atoms with van der Waals surface area (Å²) >= 11 is 0. The fraction of sp³-hybridized carbons (Fsp3) is 0.789. The van der Waals surface area contributed by atoms with Crippen LogP contribution in [0.2, 0.25) is 0 Å². The summed E-state index contributed by atoms with van der Waals surface area (Å²) in [6.07, 6.45) is 19.3. The molecule has 2 aliphatic carbocycles. The normalized spacial score (nSPS) is 35.2. The van der Waals surface area contributed by atoms with E-state index in [1.165, 1.54) is 51.4 Å². The number of allylic oxidation sites excluding steroid dienone is 2. The Balaban J connectivity index is 1.65. The molecule has 0 heterocycles. The second-order valence-corrected chi connectivity index (χ2v) is 6.69. The first kappa shape index (κ1) is 15.8. The number of rotatable bonds is 6. The Hall–Kier alpha value is -0.560. The quantitative estimate of drug-likeness (QED) is 0.458. The SMILES string of the molecule is C=CCCOC1CCC(C2CCC(C=CC)CC2)CC1. The van der Waals surface area contributed by atoms with E-state index in [4.69, 9.17) is 4.74 Å². The van der Waals surface area contributed by atoms with Gasteiger partial charge in [-0.3, -0.25) is 0 Å². The van der Waals surface area contributed by atoms with Gasteiger partial charge < -0.3 is 4.74 Å². The molecule has 2 fully saturated rings. The summed E-state index contributed by atoms with van der Waals surface area (Å²) in [6.45, 7) is 6.77. The first-order valence-corrected chi connectivity index (χ1v) is 8.68. The third-order valence-electron chi connectivity index (χ3n) is 5.34. The van der Waals surface area contributed by atoms with Crippen LogP contribution in [-0.2, 0) is 4.74 Å². The molecule has 1 nitrogen and oxygen atoms in total. The molecule has 0 aromatic rings. The van der Waals surface area contributed by atoms with Crippen molar-refractivity contribution in [2.75, 3.05) is 6.61 Å². The Morgan fingerprint density at radius 1 is 0.950 bits per heavy atom. The highest BCUT2D eigenvalue weighted by molar-refractivity contribution is 4.90. The fourth-order valence-electron chi connectivity index (χ4n) is 4.13. The molecule has 0 aromatic carbocycles. The van der Waals surface area contributed by atoms with Crippen LogP contribution in [-0.4, -0.2) is 12.7 Å². The molecule has 2 aliphatic rings. The van der Waals surface area contributed by atoms with Gasteiger partial charge in [-0.05, 0) is 82.5 Å². The first-order valence-electron chi connectivity index (χ1n) is 8.68. The molecule has 0 unspecified atom stereocenters. The summed E-state index contributed by atoms with van der Waals surface area (Å²) < 4.78 is 5.93. The maximum absolute atomic E-state index is 5.93. The van der Waals surface area contributed by atoms with Crippen molar-refractivity contribution in [1.82, 2.24) is 0 Å². The lowest BCUT2D eigenvalue weighted by Crippen LogP contribution is -2.28. The van der Waals surface area contributed by atoms with Crippen molar-refractivity contribution in [3.63, 3.8) is 0 Å². The van der Waals surface area contributed by atoms with Crippen LogP contribution in [0, 0.1) is 17.8 Å². The highest BCUT2D eigenvalue weighted by Gasteiger charge is 2.30. The van der Waals surface area contributed by atoms with Gasteiger partial charge in [0.25, 0.3) is 0 Å². The molecule has 0 amide bonds. The smallest absolute Gasteiger partial charge is 0.0575 e. The van der Waals surface area contributed by atoms with E-state index in [2.05, 4.69) is 25.7 Å². The van der Waals surface area contributed by atoms with Crippen LogP contribution >= 0.6 is 0 Å². The molecule has 2 saturated carbocycles. The second kappa shape index (κ2) is 8.67. The van der Waals surface area contributed by atoms with Gasteiger partial charge in [0.1, 0.15) is 0 Å². The average molecular weight is 276 g/mol. The van der Waals surface area contributed by atoms with Gasteiger partial charge >= 0.3 is 0 Å². The number of hydrogen-bond acceptors (Lipinski definition) is 1. The lowest BCUT2D eigenvalue weighted by molar-refractivity contribution is 0.00985. The van der Waals surface area contributed by atoms with Gasteiger partial charge in [0.05, 0.1) is 12.7 Å². The topological polar surface area (TPSA) is 9.23 Å². The van der Waals surface area contributed by atoms with E-state index in [-0.39, 0.29) is 0 Å². The molecule has 0 spiro atoms. The maximum Gasteiger partial charge on any atom is 0.0575 e. The van der Waals surface area contributed by atoms with E-state index in [1.807, 2.05) is 6.08 Å². The molecular weight excluding hydrogens is 244 g/mol. The second-order valence-electron chi connectivity index (χ2n) is 6.69. The molecular formula is C19H32O. The first-order chi connectivity index (χ1) is 9.83. The van der Waals surface area contributed by atoms with E-state index in [0.29, 0.717) is 6.10 Å². The molecule has 0 atom stereocenters. The van der Waals surface area contributed by atoms with Crippen molar-refractivity contribution < 1.29 is 4.74 Å². The largest absolute Gasteiger partial charge is 0.378 e. The van der Waals surface area contributed by atoms with Gasteiger partial charge in [0.15, 0.2) is 0 Å². The standard InChI is InChI=1S/C19H32O/c1-3-5-15-20-19-13-11-18(12-14-19)17-9-7-16(6-4-2)8-10-17/h3-4,6,16-19H,1,5,7-15H2,2H3. The molecule has 20 heavy (non-hydrogen) atoms. The Kier molecular flexibility index (Phi) is 6.86. The minimum absolute atomic E-state index is 0.533. The summed E-state index contributed by atoms with van der Waals surface area (Å²) in [6, 6.07) is 0. The number of hydrogen-bond donors (Lipinski definition) is 0. The van der Waals surface area contributed by atoms with Gasteiger partial charge in [-0.1, -0.05) is 18.2 Å². The van der Waals surface area contributed by atoms with Gasteiger partial charge in [-0.2, -0.15) is 0 Å². The zero-order valence-corrected chi connectivity index (χ0v) is 13.2. The van der Waals surface area contributed by atoms with Crippen LogP contribution in [0.1, 0.15) is 64.7 Å². The van der Waals surface area contributed by atoms with Crippen molar-refractivity contribution >= 4 is 0 Å². The summed E-state index contributed by atoms with van der Waals surface area (Å²) in [5, 5.41) is 0. The van der Waals surface area contributed by atoms with E-state index in [9.17, 15) is 0 Å².